The van der Waals surface area contributed by atoms with Crippen LogP contribution in [0.3, 0.4) is 0 Å². The van der Waals surface area contributed by atoms with E-state index in [9.17, 15) is 9.59 Å². The van der Waals surface area contributed by atoms with E-state index in [-0.39, 0.29) is 11.8 Å². The fourth-order valence-corrected chi connectivity index (χ4v) is 3.70. The number of unbranched alkanes of at least 4 members (excludes halogenated alkanes) is 1. The van der Waals surface area contributed by atoms with Crippen molar-refractivity contribution in [3.05, 3.63) is 65.4 Å². The summed E-state index contributed by atoms with van der Waals surface area (Å²) >= 11 is 0. The van der Waals surface area contributed by atoms with Crippen LogP contribution in [0.1, 0.15) is 52.0 Å². The van der Waals surface area contributed by atoms with Gasteiger partial charge in [0.15, 0.2) is 0 Å². The molecular formula is C26H24N6O3. The number of benzene rings is 1. The molecule has 2 amide bonds. The summed E-state index contributed by atoms with van der Waals surface area (Å²) in [5, 5.41) is 6.50. The molecule has 9 nitrogen and oxygen atoms in total. The minimum atomic E-state index is -0.239. The van der Waals surface area contributed by atoms with Crippen molar-refractivity contribution in [2.24, 2.45) is 0 Å². The number of hydrogen-bond acceptors (Lipinski definition) is 8. The summed E-state index contributed by atoms with van der Waals surface area (Å²) in [6.07, 6.45) is 4.99. The van der Waals surface area contributed by atoms with Crippen molar-refractivity contribution < 1.29 is 14.3 Å². The van der Waals surface area contributed by atoms with Gasteiger partial charge < -0.3 is 15.4 Å². The summed E-state index contributed by atoms with van der Waals surface area (Å²) in [6.45, 7) is 0.334. The van der Waals surface area contributed by atoms with Crippen molar-refractivity contribution >= 4 is 29.4 Å². The zero-order valence-electron chi connectivity index (χ0n) is 19.2. The monoisotopic (exact) mass is 468 g/mol. The van der Waals surface area contributed by atoms with Crippen LogP contribution in [0.2, 0.25) is 0 Å². The maximum atomic E-state index is 12.5. The molecule has 1 aliphatic heterocycles. The number of nitrogens with zero attached hydrogens (tertiary/aromatic N) is 4. The van der Waals surface area contributed by atoms with Gasteiger partial charge >= 0.3 is 0 Å². The minimum absolute atomic E-state index is 0.239. The third-order valence-electron chi connectivity index (χ3n) is 5.66. The topological polar surface area (TPSA) is 109 Å². The van der Waals surface area contributed by atoms with Crippen LogP contribution in [-0.2, 0) is 0 Å². The van der Waals surface area contributed by atoms with E-state index < -0.39 is 0 Å². The number of anilines is 3. The van der Waals surface area contributed by atoms with Crippen molar-refractivity contribution in [3.63, 3.8) is 0 Å². The molecule has 0 saturated heterocycles. The first-order chi connectivity index (χ1) is 17.1. The zero-order chi connectivity index (χ0) is 24.2. The Balaban J connectivity index is 1.22. The molecule has 0 spiro atoms. The van der Waals surface area contributed by atoms with E-state index in [0.717, 1.165) is 12.8 Å². The first-order valence-electron chi connectivity index (χ1n) is 11.5. The Hall–Kier alpha value is -4.45. The van der Waals surface area contributed by atoms with Gasteiger partial charge in [-0.1, -0.05) is 30.0 Å². The average molecular weight is 469 g/mol. The lowest BCUT2D eigenvalue weighted by Crippen LogP contribution is -2.30. The number of rotatable bonds is 8. The van der Waals surface area contributed by atoms with Gasteiger partial charge in [0.1, 0.15) is 11.6 Å². The lowest BCUT2D eigenvalue weighted by atomic mass is 10.1. The van der Waals surface area contributed by atoms with Crippen molar-refractivity contribution in [2.75, 3.05) is 24.3 Å². The molecule has 9 heteroatoms. The fourth-order valence-electron chi connectivity index (χ4n) is 3.70. The van der Waals surface area contributed by atoms with Crippen LogP contribution >= 0.6 is 0 Å². The number of fused-ring (bicyclic) bond motifs is 1. The number of ether oxygens (including phenoxy) is 1. The first-order valence-corrected chi connectivity index (χ1v) is 11.5. The van der Waals surface area contributed by atoms with Gasteiger partial charge in [0.05, 0.1) is 30.0 Å². The minimum Gasteiger partial charge on any atom is -0.481 e. The standard InChI is InChI=1S/C26H24N6O3/c1-35-22-12-7-11-21(29-22)30-26-27-16-17(23(31-26)28-18-13-14-18)8-3-2-6-15-32-24(33)19-9-4-5-10-20(19)25(32)34/h4-5,7,9-12,16,18H,2,6,13-15H2,1H3,(H2,27,28,29,30,31). The van der Waals surface area contributed by atoms with Crippen LogP contribution in [0.15, 0.2) is 48.7 Å². The molecule has 35 heavy (non-hydrogen) atoms. The fraction of sp³-hybridized carbons (Fsp3) is 0.269. The van der Waals surface area contributed by atoms with E-state index in [1.54, 1.807) is 43.6 Å². The van der Waals surface area contributed by atoms with Crippen LogP contribution in [0.4, 0.5) is 17.6 Å². The molecule has 3 heterocycles. The third-order valence-corrected chi connectivity index (χ3v) is 5.66. The highest BCUT2D eigenvalue weighted by Crippen LogP contribution is 2.26. The number of aromatic nitrogens is 3. The molecule has 5 rings (SSSR count). The summed E-state index contributed by atoms with van der Waals surface area (Å²) in [5.41, 5.74) is 1.63. The quantitative estimate of drug-likeness (QED) is 0.293. The molecule has 2 aromatic heterocycles. The summed E-state index contributed by atoms with van der Waals surface area (Å²) < 4.78 is 5.16. The molecule has 1 aromatic carbocycles. The molecule has 0 bridgehead atoms. The molecular weight excluding hydrogens is 444 g/mol. The zero-order valence-corrected chi connectivity index (χ0v) is 19.2. The number of methoxy groups -OCH3 is 1. The summed E-state index contributed by atoms with van der Waals surface area (Å²) in [4.78, 5) is 39.5. The predicted molar refractivity (Wildman–Crippen MR) is 131 cm³/mol. The Kier molecular flexibility index (Phi) is 6.26. The predicted octanol–water partition coefficient (Wildman–Crippen LogP) is 3.63. The molecule has 1 saturated carbocycles. The highest BCUT2D eigenvalue weighted by Gasteiger charge is 2.34. The molecule has 3 aromatic rings. The number of amides is 2. The Morgan fingerprint density at radius 2 is 1.83 bits per heavy atom. The van der Waals surface area contributed by atoms with Crippen LogP contribution in [-0.4, -0.2) is 51.4 Å². The number of carbonyl (C=O) groups excluding carboxylic acids is 2. The number of hydrogen-bond donors (Lipinski definition) is 2. The number of pyridine rings is 1. The van der Waals surface area contributed by atoms with E-state index in [0.29, 0.717) is 65.6 Å². The van der Waals surface area contributed by atoms with Gasteiger partial charge in [-0.2, -0.15) is 9.97 Å². The van der Waals surface area contributed by atoms with E-state index in [1.165, 1.54) is 4.90 Å². The van der Waals surface area contributed by atoms with Gasteiger partial charge in [0, 0.05) is 25.1 Å². The third kappa shape index (κ3) is 5.06. The first kappa shape index (κ1) is 22.3. The Labute approximate surface area is 203 Å². The van der Waals surface area contributed by atoms with Gasteiger partial charge in [-0.15, -0.1) is 0 Å². The van der Waals surface area contributed by atoms with E-state index in [4.69, 9.17) is 4.74 Å². The maximum absolute atomic E-state index is 12.5. The second kappa shape index (κ2) is 9.81. The SMILES string of the molecule is COc1cccc(Nc2ncc(C#CCCCN3C(=O)c4ccccc4C3=O)c(NC3CC3)n2)n1. The van der Waals surface area contributed by atoms with Crippen molar-refractivity contribution in [3.8, 4) is 17.7 Å². The molecule has 1 aliphatic carbocycles. The molecule has 0 radical (unpaired) electrons. The van der Waals surface area contributed by atoms with Gasteiger partial charge in [0.2, 0.25) is 11.8 Å². The van der Waals surface area contributed by atoms with E-state index in [1.807, 2.05) is 12.1 Å². The van der Waals surface area contributed by atoms with Crippen LogP contribution in [0.5, 0.6) is 5.88 Å². The summed E-state index contributed by atoms with van der Waals surface area (Å²) in [7, 11) is 1.56. The number of imide groups is 1. The molecule has 0 unspecified atom stereocenters. The lowest BCUT2D eigenvalue weighted by molar-refractivity contribution is 0.0653. The maximum Gasteiger partial charge on any atom is 0.261 e. The highest BCUT2D eigenvalue weighted by atomic mass is 16.5. The van der Waals surface area contributed by atoms with Crippen molar-refractivity contribution in [2.45, 2.75) is 31.7 Å². The average Bonchev–Trinajstić information content (AvgIpc) is 3.67. The molecule has 2 N–H and O–H groups in total. The molecule has 176 valence electrons. The van der Waals surface area contributed by atoms with E-state index >= 15 is 0 Å². The van der Waals surface area contributed by atoms with Gasteiger partial charge in [0.25, 0.3) is 11.8 Å². The molecule has 1 fully saturated rings. The highest BCUT2D eigenvalue weighted by molar-refractivity contribution is 6.21. The van der Waals surface area contributed by atoms with Crippen molar-refractivity contribution in [1.29, 1.82) is 0 Å². The summed E-state index contributed by atoms with van der Waals surface area (Å²) in [5.74, 6) is 7.93. The van der Waals surface area contributed by atoms with Gasteiger partial charge in [-0.25, -0.2) is 4.98 Å². The van der Waals surface area contributed by atoms with Gasteiger partial charge in [-0.05, 0) is 37.5 Å². The second-order valence-corrected chi connectivity index (χ2v) is 8.28. The second-order valence-electron chi connectivity index (χ2n) is 8.28. The lowest BCUT2D eigenvalue weighted by Gasteiger charge is -2.12. The Morgan fingerprint density at radius 3 is 2.54 bits per heavy atom. The number of nitrogens with one attached hydrogen (secondary N) is 2. The van der Waals surface area contributed by atoms with E-state index in [2.05, 4.69) is 37.4 Å². The Morgan fingerprint density at radius 1 is 1.06 bits per heavy atom. The van der Waals surface area contributed by atoms with Crippen LogP contribution in [0.25, 0.3) is 0 Å². The smallest absolute Gasteiger partial charge is 0.261 e. The van der Waals surface area contributed by atoms with Crippen LogP contribution < -0.4 is 15.4 Å². The van der Waals surface area contributed by atoms with Gasteiger partial charge in [-0.3, -0.25) is 14.5 Å². The molecule has 0 atom stereocenters. The van der Waals surface area contributed by atoms with Crippen LogP contribution in [0, 0.1) is 11.8 Å². The Bertz CT molecular complexity index is 1310. The number of carbonyl (C=O) groups is 2. The van der Waals surface area contributed by atoms with Crippen molar-refractivity contribution in [1.82, 2.24) is 19.9 Å². The summed E-state index contributed by atoms with van der Waals surface area (Å²) in [6, 6.07) is 12.7. The largest absolute Gasteiger partial charge is 0.481 e. The molecule has 2 aliphatic rings. The normalized spacial score (nSPS) is 14.3.